The standard InChI is InChI=1S/C25H36O4/c1-23-9-5-19(29-14-12-26)15-17(23)3-4-20-21(23)6-10-24(2)22(20)7-11-25(24,27)18-8-13-28-16-18/h3,8,13,16,19-22,26-27H,4-7,9-12,14-15H2,1-2H3/t19?,20-,21-,22+,23+,24+,25?/m1/s1. The van der Waals surface area contributed by atoms with Gasteiger partial charge >= 0.3 is 0 Å². The lowest BCUT2D eigenvalue weighted by atomic mass is 9.46. The van der Waals surface area contributed by atoms with Crippen molar-refractivity contribution in [1.82, 2.24) is 0 Å². The molecule has 1 aromatic rings. The molecule has 2 N–H and O–H groups in total. The normalized spacial score (nSPS) is 46.6. The number of ether oxygens (including phenoxy) is 1. The molecule has 7 atom stereocenters. The third-order valence-electron chi connectivity index (χ3n) is 9.65. The molecule has 0 radical (unpaired) electrons. The van der Waals surface area contributed by atoms with Crippen LogP contribution in [0.4, 0.5) is 0 Å². The van der Waals surface area contributed by atoms with E-state index in [1.807, 2.05) is 6.07 Å². The molecule has 4 nitrogen and oxygen atoms in total. The van der Waals surface area contributed by atoms with Crippen LogP contribution in [0.5, 0.6) is 0 Å². The van der Waals surface area contributed by atoms with E-state index in [0.29, 0.717) is 24.4 Å². The van der Waals surface area contributed by atoms with Gasteiger partial charge in [0.1, 0.15) is 0 Å². The molecule has 0 saturated heterocycles. The topological polar surface area (TPSA) is 62.8 Å². The molecule has 29 heavy (non-hydrogen) atoms. The Balaban J connectivity index is 1.41. The largest absolute Gasteiger partial charge is 0.472 e. The lowest BCUT2D eigenvalue weighted by Gasteiger charge is -2.59. The number of hydrogen-bond donors (Lipinski definition) is 2. The molecular weight excluding hydrogens is 364 g/mol. The summed E-state index contributed by atoms with van der Waals surface area (Å²) in [5.41, 5.74) is 2.03. The van der Waals surface area contributed by atoms with Crippen LogP contribution in [0.3, 0.4) is 0 Å². The molecule has 0 aromatic carbocycles. The number of allylic oxidation sites excluding steroid dienone is 1. The highest BCUT2D eigenvalue weighted by Crippen LogP contribution is 2.69. The molecule has 160 valence electrons. The number of furan rings is 1. The van der Waals surface area contributed by atoms with Gasteiger partial charge in [-0.05, 0) is 80.6 Å². The van der Waals surface area contributed by atoms with Crippen LogP contribution >= 0.6 is 0 Å². The van der Waals surface area contributed by atoms with Crippen LogP contribution in [0.25, 0.3) is 0 Å². The number of rotatable bonds is 4. The lowest BCUT2D eigenvalue weighted by molar-refractivity contribution is -0.130. The number of hydrogen-bond acceptors (Lipinski definition) is 4. The Kier molecular flexibility index (Phi) is 4.76. The van der Waals surface area contributed by atoms with E-state index >= 15 is 0 Å². The van der Waals surface area contributed by atoms with Gasteiger partial charge in [-0.2, -0.15) is 0 Å². The van der Waals surface area contributed by atoms with Crippen molar-refractivity contribution in [2.75, 3.05) is 13.2 Å². The van der Waals surface area contributed by atoms with Crippen LogP contribution in [0.15, 0.2) is 34.7 Å². The summed E-state index contributed by atoms with van der Waals surface area (Å²) >= 11 is 0. The van der Waals surface area contributed by atoms with Crippen molar-refractivity contribution in [2.24, 2.45) is 28.6 Å². The molecule has 1 aromatic heterocycles. The summed E-state index contributed by atoms with van der Waals surface area (Å²) < 4.78 is 11.2. The van der Waals surface area contributed by atoms with Gasteiger partial charge in [-0.3, -0.25) is 0 Å². The molecule has 2 unspecified atom stereocenters. The van der Waals surface area contributed by atoms with E-state index in [1.165, 1.54) is 12.8 Å². The Bertz CT molecular complexity index is 770. The maximum atomic E-state index is 11.8. The molecule has 3 saturated carbocycles. The first-order valence-corrected chi connectivity index (χ1v) is 11.6. The predicted octanol–water partition coefficient (Wildman–Crippen LogP) is 4.81. The smallest absolute Gasteiger partial charge is 0.0983 e. The fourth-order valence-corrected chi connectivity index (χ4v) is 7.98. The van der Waals surface area contributed by atoms with Gasteiger partial charge in [-0.15, -0.1) is 0 Å². The fourth-order valence-electron chi connectivity index (χ4n) is 7.98. The molecule has 0 spiro atoms. The molecule has 0 bridgehead atoms. The zero-order chi connectivity index (χ0) is 20.3. The van der Waals surface area contributed by atoms with Gasteiger partial charge < -0.3 is 19.4 Å². The molecule has 5 rings (SSSR count). The number of aliphatic hydroxyl groups is 2. The van der Waals surface area contributed by atoms with Crippen LogP contribution in [-0.2, 0) is 10.3 Å². The minimum absolute atomic E-state index is 0.0683. The average Bonchev–Trinajstić information content (AvgIpc) is 3.34. The minimum atomic E-state index is -0.754. The van der Waals surface area contributed by atoms with E-state index in [9.17, 15) is 5.11 Å². The van der Waals surface area contributed by atoms with Crippen molar-refractivity contribution in [3.63, 3.8) is 0 Å². The Morgan fingerprint density at radius 2 is 1.97 bits per heavy atom. The van der Waals surface area contributed by atoms with E-state index in [-0.39, 0.29) is 23.5 Å². The summed E-state index contributed by atoms with van der Waals surface area (Å²) in [6.45, 7) is 5.40. The first-order valence-electron chi connectivity index (χ1n) is 11.6. The monoisotopic (exact) mass is 400 g/mol. The highest BCUT2D eigenvalue weighted by molar-refractivity contribution is 5.29. The van der Waals surface area contributed by atoms with Crippen LogP contribution in [0, 0.1) is 28.6 Å². The maximum Gasteiger partial charge on any atom is 0.0983 e. The second kappa shape index (κ2) is 6.96. The van der Waals surface area contributed by atoms with Gasteiger partial charge in [-0.25, -0.2) is 0 Å². The van der Waals surface area contributed by atoms with Crippen molar-refractivity contribution >= 4 is 0 Å². The number of aliphatic hydroxyl groups excluding tert-OH is 1. The Morgan fingerprint density at radius 1 is 1.14 bits per heavy atom. The highest BCUT2D eigenvalue weighted by Gasteiger charge is 2.64. The van der Waals surface area contributed by atoms with Gasteiger partial charge in [0.2, 0.25) is 0 Å². The second-order valence-electron chi connectivity index (χ2n) is 10.6. The predicted molar refractivity (Wildman–Crippen MR) is 111 cm³/mol. The summed E-state index contributed by atoms with van der Waals surface area (Å²) in [6, 6.07) is 1.97. The summed E-state index contributed by atoms with van der Waals surface area (Å²) in [5.74, 6) is 1.95. The highest BCUT2D eigenvalue weighted by atomic mass is 16.5. The van der Waals surface area contributed by atoms with Crippen molar-refractivity contribution in [3.8, 4) is 0 Å². The summed E-state index contributed by atoms with van der Waals surface area (Å²) in [4.78, 5) is 0. The van der Waals surface area contributed by atoms with Crippen LogP contribution in [0.1, 0.15) is 70.8 Å². The lowest BCUT2D eigenvalue weighted by Crippen LogP contribution is -2.53. The summed E-state index contributed by atoms with van der Waals surface area (Å²) in [6.07, 6.45) is 15.0. The Morgan fingerprint density at radius 3 is 2.72 bits per heavy atom. The second-order valence-corrected chi connectivity index (χ2v) is 10.6. The van der Waals surface area contributed by atoms with Gasteiger partial charge in [0.05, 0.1) is 37.4 Å². The van der Waals surface area contributed by atoms with Gasteiger partial charge in [-0.1, -0.05) is 25.5 Å². The van der Waals surface area contributed by atoms with Gasteiger partial charge in [0.25, 0.3) is 0 Å². The minimum Gasteiger partial charge on any atom is -0.472 e. The molecule has 3 fully saturated rings. The first-order chi connectivity index (χ1) is 13.9. The SMILES string of the molecule is C[C@]12CCC(OCCO)CC1=CC[C@@H]1[C@H]2CC[C@@]2(C)[C@H]1CCC2(O)c1ccoc1. The van der Waals surface area contributed by atoms with Crippen molar-refractivity contribution in [2.45, 2.75) is 76.9 Å². The van der Waals surface area contributed by atoms with Crippen molar-refractivity contribution in [1.29, 1.82) is 0 Å². The fraction of sp³-hybridized carbons (Fsp3) is 0.760. The van der Waals surface area contributed by atoms with Crippen molar-refractivity contribution in [3.05, 3.63) is 35.8 Å². The summed E-state index contributed by atoms with van der Waals surface area (Å²) in [5, 5.41) is 20.9. The van der Waals surface area contributed by atoms with Crippen LogP contribution in [0.2, 0.25) is 0 Å². The summed E-state index contributed by atoms with van der Waals surface area (Å²) in [7, 11) is 0. The number of fused-ring (bicyclic) bond motifs is 5. The van der Waals surface area contributed by atoms with E-state index < -0.39 is 5.60 Å². The first kappa shape index (κ1) is 19.8. The van der Waals surface area contributed by atoms with Gasteiger partial charge in [0.15, 0.2) is 0 Å². The van der Waals surface area contributed by atoms with E-state index in [4.69, 9.17) is 14.3 Å². The van der Waals surface area contributed by atoms with E-state index in [1.54, 1.807) is 18.1 Å². The third kappa shape index (κ3) is 2.75. The molecule has 4 aliphatic rings. The molecule has 4 aliphatic carbocycles. The maximum absolute atomic E-state index is 11.8. The molecule has 1 heterocycles. The average molecular weight is 401 g/mol. The van der Waals surface area contributed by atoms with Gasteiger partial charge in [0, 0.05) is 11.0 Å². The van der Waals surface area contributed by atoms with Crippen LogP contribution in [-0.4, -0.2) is 29.5 Å². The Labute approximate surface area is 174 Å². The zero-order valence-corrected chi connectivity index (χ0v) is 17.9. The van der Waals surface area contributed by atoms with E-state index in [2.05, 4.69) is 19.9 Å². The van der Waals surface area contributed by atoms with Crippen LogP contribution < -0.4 is 0 Å². The molecular formula is C25H36O4. The molecule has 0 amide bonds. The molecule has 4 heteroatoms. The Hall–Kier alpha value is -1.10. The quantitative estimate of drug-likeness (QED) is 0.712. The molecule has 0 aliphatic heterocycles. The van der Waals surface area contributed by atoms with Crippen molar-refractivity contribution < 1.29 is 19.4 Å². The zero-order valence-electron chi connectivity index (χ0n) is 17.9. The third-order valence-corrected chi connectivity index (χ3v) is 9.65. The van der Waals surface area contributed by atoms with E-state index in [0.717, 1.165) is 44.1 Å².